The van der Waals surface area contributed by atoms with E-state index in [1.54, 1.807) is 0 Å². The molecule has 4 aromatic rings. The normalized spacial score (nSPS) is 10.7. The first kappa shape index (κ1) is 20.4. The van der Waals surface area contributed by atoms with E-state index in [2.05, 4.69) is 55.1 Å². The van der Waals surface area contributed by atoms with Crippen LogP contribution in [-0.2, 0) is 11.3 Å². The molecule has 1 amide bonds. The maximum Gasteiger partial charge on any atom is 0.234 e. The first-order chi connectivity index (χ1) is 14.7. The summed E-state index contributed by atoms with van der Waals surface area (Å²) in [6.07, 6.45) is 1.88. The SMILES string of the molecule is O=C(CSc1ncc(-c2ccc(Br)cc2)n1Cc1ccccc1)Nc1ccccc1. The van der Waals surface area contributed by atoms with E-state index in [-0.39, 0.29) is 5.91 Å². The molecule has 150 valence electrons. The van der Waals surface area contributed by atoms with Crippen LogP contribution in [0.25, 0.3) is 11.3 Å². The first-order valence-corrected chi connectivity index (χ1v) is 11.3. The van der Waals surface area contributed by atoms with Gasteiger partial charge in [0, 0.05) is 10.2 Å². The highest BCUT2D eigenvalue weighted by molar-refractivity contribution is 9.10. The minimum atomic E-state index is -0.0503. The van der Waals surface area contributed by atoms with Crippen molar-refractivity contribution in [3.63, 3.8) is 0 Å². The molecule has 0 radical (unpaired) electrons. The number of nitrogens with zero attached hydrogens (tertiary/aromatic N) is 2. The number of rotatable bonds is 7. The lowest BCUT2D eigenvalue weighted by Crippen LogP contribution is -2.14. The van der Waals surface area contributed by atoms with Gasteiger partial charge in [0.15, 0.2) is 5.16 Å². The number of anilines is 1. The molecule has 3 aromatic carbocycles. The molecule has 0 aliphatic rings. The molecule has 0 bridgehead atoms. The summed E-state index contributed by atoms with van der Waals surface area (Å²) in [6.45, 7) is 0.689. The summed E-state index contributed by atoms with van der Waals surface area (Å²) in [6, 6.07) is 27.9. The zero-order valence-corrected chi connectivity index (χ0v) is 18.6. The molecule has 6 heteroatoms. The summed E-state index contributed by atoms with van der Waals surface area (Å²) in [5.74, 6) is 0.242. The highest BCUT2D eigenvalue weighted by atomic mass is 79.9. The predicted molar refractivity (Wildman–Crippen MR) is 127 cm³/mol. The number of hydrogen-bond donors (Lipinski definition) is 1. The Labute approximate surface area is 188 Å². The monoisotopic (exact) mass is 477 g/mol. The van der Waals surface area contributed by atoms with E-state index in [0.717, 1.165) is 26.6 Å². The van der Waals surface area contributed by atoms with Crippen molar-refractivity contribution in [3.05, 3.63) is 101 Å². The van der Waals surface area contributed by atoms with E-state index in [1.807, 2.05) is 66.9 Å². The van der Waals surface area contributed by atoms with E-state index in [9.17, 15) is 4.79 Å². The smallest absolute Gasteiger partial charge is 0.234 e. The summed E-state index contributed by atoms with van der Waals surface area (Å²) in [4.78, 5) is 17.0. The van der Waals surface area contributed by atoms with Crippen molar-refractivity contribution < 1.29 is 4.79 Å². The molecule has 4 nitrogen and oxygen atoms in total. The fourth-order valence-electron chi connectivity index (χ4n) is 3.09. The van der Waals surface area contributed by atoms with Gasteiger partial charge in [-0.2, -0.15) is 0 Å². The Bertz CT molecular complexity index is 1110. The Kier molecular flexibility index (Phi) is 6.67. The average molecular weight is 478 g/mol. The molecule has 0 unspecified atom stereocenters. The molecule has 0 aliphatic heterocycles. The number of benzene rings is 3. The van der Waals surface area contributed by atoms with Gasteiger partial charge in [0.1, 0.15) is 0 Å². The number of para-hydroxylation sites is 1. The number of carbonyl (C=O) groups excluding carboxylic acids is 1. The van der Waals surface area contributed by atoms with Gasteiger partial charge >= 0.3 is 0 Å². The largest absolute Gasteiger partial charge is 0.325 e. The average Bonchev–Trinajstić information content (AvgIpc) is 3.16. The predicted octanol–water partition coefficient (Wildman–Crippen LogP) is 6.09. The lowest BCUT2D eigenvalue weighted by molar-refractivity contribution is -0.113. The Morgan fingerprint density at radius 2 is 1.60 bits per heavy atom. The number of nitrogens with one attached hydrogen (secondary N) is 1. The summed E-state index contributed by atoms with van der Waals surface area (Å²) >= 11 is 4.94. The first-order valence-electron chi connectivity index (χ1n) is 9.52. The van der Waals surface area contributed by atoms with Gasteiger partial charge in [0.25, 0.3) is 0 Å². The number of halogens is 1. The van der Waals surface area contributed by atoms with E-state index in [4.69, 9.17) is 0 Å². The van der Waals surface area contributed by atoms with E-state index < -0.39 is 0 Å². The van der Waals surface area contributed by atoms with Crippen LogP contribution >= 0.6 is 27.7 Å². The standard InChI is InChI=1S/C24H20BrN3OS/c25-20-13-11-19(12-14-20)22-15-26-24(28(22)16-18-7-3-1-4-8-18)30-17-23(29)27-21-9-5-2-6-10-21/h1-15H,16-17H2,(H,27,29). The Morgan fingerprint density at radius 3 is 2.30 bits per heavy atom. The fraction of sp³-hybridized carbons (Fsp3) is 0.0833. The van der Waals surface area contributed by atoms with Gasteiger partial charge in [-0.1, -0.05) is 88.4 Å². The van der Waals surface area contributed by atoms with Crippen LogP contribution in [0.5, 0.6) is 0 Å². The Morgan fingerprint density at radius 1 is 0.933 bits per heavy atom. The zero-order chi connectivity index (χ0) is 20.8. The number of thioether (sulfide) groups is 1. The van der Waals surface area contributed by atoms with Crippen LogP contribution in [0.4, 0.5) is 5.69 Å². The second kappa shape index (κ2) is 9.78. The van der Waals surface area contributed by atoms with Crippen LogP contribution in [0.15, 0.2) is 101 Å². The van der Waals surface area contributed by atoms with E-state index >= 15 is 0 Å². The topological polar surface area (TPSA) is 46.9 Å². The highest BCUT2D eigenvalue weighted by Gasteiger charge is 2.14. The third kappa shape index (κ3) is 5.20. The molecule has 1 N–H and O–H groups in total. The lowest BCUT2D eigenvalue weighted by atomic mass is 10.1. The molecule has 30 heavy (non-hydrogen) atoms. The molecule has 0 saturated heterocycles. The minimum Gasteiger partial charge on any atom is -0.325 e. The van der Waals surface area contributed by atoms with Crippen LogP contribution in [0.3, 0.4) is 0 Å². The van der Waals surface area contributed by atoms with Gasteiger partial charge < -0.3 is 9.88 Å². The summed E-state index contributed by atoms with van der Waals surface area (Å²) < 4.78 is 3.20. The number of hydrogen-bond acceptors (Lipinski definition) is 3. The molecule has 1 aromatic heterocycles. The van der Waals surface area contributed by atoms with Gasteiger partial charge in [-0.05, 0) is 35.4 Å². The lowest BCUT2D eigenvalue weighted by Gasteiger charge is -2.12. The minimum absolute atomic E-state index is 0.0503. The molecule has 0 atom stereocenters. The van der Waals surface area contributed by atoms with Gasteiger partial charge in [0.05, 0.1) is 24.2 Å². The van der Waals surface area contributed by atoms with Crippen LogP contribution in [0.2, 0.25) is 0 Å². The van der Waals surface area contributed by atoms with Gasteiger partial charge in [0.2, 0.25) is 5.91 Å². The Hall–Kier alpha value is -2.83. The molecule has 0 saturated carbocycles. The summed E-state index contributed by atoms with van der Waals surface area (Å²) in [5, 5.41) is 3.74. The zero-order valence-electron chi connectivity index (χ0n) is 16.2. The Balaban J connectivity index is 1.55. The van der Waals surface area contributed by atoms with Crippen molar-refractivity contribution in [1.29, 1.82) is 0 Å². The molecule has 0 aliphatic carbocycles. The maximum atomic E-state index is 12.4. The van der Waals surface area contributed by atoms with Crippen molar-refractivity contribution in [2.45, 2.75) is 11.7 Å². The van der Waals surface area contributed by atoms with Crippen molar-refractivity contribution in [3.8, 4) is 11.3 Å². The number of aromatic nitrogens is 2. The van der Waals surface area contributed by atoms with Crippen LogP contribution in [-0.4, -0.2) is 21.2 Å². The highest BCUT2D eigenvalue weighted by Crippen LogP contribution is 2.28. The molecule has 0 fully saturated rings. The van der Waals surface area contributed by atoms with Gasteiger partial charge in [-0.15, -0.1) is 0 Å². The van der Waals surface area contributed by atoms with Crippen LogP contribution in [0, 0.1) is 0 Å². The van der Waals surface area contributed by atoms with Crippen molar-refractivity contribution in [2.75, 3.05) is 11.1 Å². The summed E-state index contributed by atoms with van der Waals surface area (Å²) in [5.41, 5.74) is 4.09. The van der Waals surface area contributed by atoms with Crippen molar-refractivity contribution in [1.82, 2.24) is 9.55 Å². The van der Waals surface area contributed by atoms with Crippen molar-refractivity contribution in [2.24, 2.45) is 0 Å². The van der Waals surface area contributed by atoms with Crippen molar-refractivity contribution >= 4 is 39.3 Å². The molecule has 0 spiro atoms. The molecule has 1 heterocycles. The van der Waals surface area contributed by atoms with Crippen LogP contribution in [0.1, 0.15) is 5.56 Å². The number of carbonyl (C=O) groups is 1. The third-order valence-corrected chi connectivity index (χ3v) is 6.05. The van der Waals surface area contributed by atoms with Gasteiger partial charge in [-0.3, -0.25) is 4.79 Å². The maximum absolute atomic E-state index is 12.4. The summed E-state index contributed by atoms with van der Waals surface area (Å²) in [7, 11) is 0. The quantitative estimate of drug-likeness (QED) is 0.327. The van der Waals surface area contributed by atoms with Gasteiger partial charge in [-0.25, -0.2) is 4.98 Å². The molecular formula is C24H20BrN3OS. The van der Waals surface area contributed by atoms with Crippen LogP contribution < -0.4 is 5.32 Å². The second-order valence-corrected chi connectivity index (χ2v) is 8.57. The molecular weight excluding hydrogens is 458 g/mol. The van der Waals surface area contributed by atoms with E-state index in [0.29, 0.717) is 12.3 Å². The third-order valence-electron chi connectivity index (χ3n) is 4.53. The van der Waals surface area contributed by atoms with E-state index in [1.165, 1.54) is 17.3 Å². The number of amides is 1. The number of imidazole rings is 1. The molecule has 4 rings (SSSR count). The second-order valence-electron chi connectivity index (χ2n) is 6.71. The fourth-order valence-corrected chi connectivity index (χ4v) is 4.14.